The Bertz CT molecular complexity index is 712. The normalized spacial score (nSPS) is 34.6. The number of alkyl halides is 1. The molecule has 1 saturated heterocycles. The Morgan fingerprint density at radius 3 is 2.95 bits per heavy atom. The van der Waals surface area contributed by atoms with Crippen molar-refractivity contribution in [3.8, 4) is 0 Å². The number of methoxy groups -OCH3 is 1. The topological polar surface area (TPSA) is 117 Å². The van der Waals surface area contributed by atoms with Gasteiger partial charge in [0.2, 0.25) is 0 Å². The molecule has 2 heterocycles. The van der Waals surface area contributed by atoms with Gasteiger partial charge in [-0.25, -0.2) is 9.18 Å². The summed E-state index contributed by atoms with van der Waals surface area (Å²) >= 11 is 4.81. The summed E-state index contributed by atoms with van der Waals surface area (Å²) in [4.78, 5) is 14.1. The summed E-state index contributed by atoms with van der Waals surface area (Å²) in [6.07, 6.45) is -5.03. The Labute approximate surface area is 126 Å². The Morgan fingerprint density at radius 1 is 1.71 bits per heavy atom. The van der Waals surface area contributed by atoms with E-state index < -0.39 is 43.1 Å². The summed E-state index contributed by atoms with van der Waals surface area (Å²) in [5.74, 6) is -3.42. The van der Waals surface area contributed by atoms with E-state index >= 15 is 0 Å². The van der Waals surface area contributed by atoms with Crippen molar-refractivity contribution in [1.29, 1.82) is 0 Å². The number of H-pyrrole nitrogens is 1. The average Bonchev–Trinajstić information content (AvgIpc) is 2.73. The molecular weight excluding hydrogens is 307 g/mol. The summed E-state index contributed by atoms with van der Waals surface area (Å²) < 4.78 is 39.3. The fraction of sp³-hybridized carbons (Fsp3) is 0.636. The molecule has 0 radical (unpaired) electrons. The standard InChI is InChI=1S/C11H15FN2O6S/c1-19-4-11(12)7(17)6(16)9(20-11)14-2-5(3-15)8(21)13-10(14)18/h2,6-7,9,15-17H,3-4H2,1H3,(H,13,18,21)/t6-,7+,9-,11-/m1/s1/i4D2. The van der Waals surface area contributed by atoms with Crippen LogP contribution in [0.3, 0.4) is 0 Å². The molecule has 4 N–H and O–H groups in total. The fourth-order valence-corrected chi connectivity index (χ4v) is 2.17. The third-order valence-corrected chi connectivity index (χ3v) is 3.38. The molecule has 1 aliphatic rings. The van der Waals surface area contributed by atoms with Crippen LogP contribution in [0.5, 0.6) is 0 Å². The van der Waals surface area contributed by atoms with Gasteiger partial charge in [0.15, 0.2) is 6.23 Å². The zero-order valence-electron chi connectivity index (χ0n) is 12.8. The number of aliphatic hydroxyl groups is 3. The molecule has 0 unspecified atom stereocenters. The monoisotopic (exact) mass is 324 g/mol. The van der Waals surface area contributed by atoms with Gasteiger partial charge in [-0.05, 0) is 0 Å². The van der Waals surface area contributed by atoms with Crippen molar-refractivity contribution in [3.63, 3.8) is 0 Å². The van der Waals surface area contributed by atoms with E-state index in [2.05, 4.69) is 9.72 Å². The Kier molecular flexibility index (Phi) is 3.80. The van der Waals surface area contributed by atoms with Crippen molar-refractivity contribution in [1.82, 2.24) is 9.55 Å². The number of aromatic nitrogens is 2. The van der Waals surface area contributed by atoms with Gasteiger partial charge >= 0.3 is 5.69 Å². The van der Waals surface area contributed by atoms with E-state index in [1.807, 2.05) is 0 Å². The van der Waals surface area contributed by atoms with Gasteiger partial charge in [0.1, 0.15) is 23.4 Å². The van der Waals surface area contributed by atoms with Crippen LogP contribution in [0.15, 0.2) is 11.0 Å². The van der Waals surface area contributed by atoms with Crippen LogP contribution in [-0.4, -0.2) is 56.6 Å². The first-order valence-electron chi connectivity index (χ1n) is 6.82. The van der Waals surface area contributed by atoms with E-state index in [0.29, 0.717) is 4.57 Å². The third kappa shape index (κ3) is 2.78. The van der Waals surface area contributed by atoms with Crippen LogP contribution in [0.4, 0.5) is 4.39 Å². The molecule has 1 aromatic rings. The molecule has 0 spiro atoms. The number of rotatable bonds is 4. The molecule has 0 aromatic carbocycles. The first kappa shape index (κ1) is 13.5. The van der Waals surface area contributed by atoms with Gasteiger partial charge in [-0.15, -0.1) is 0 Å². The quantitative estimate of drug-likeness (QED) is 0.523. The summed E-state index contributed by atoms with van der Waals surface area (Å²) in [5.41, 5.74) is -0.804. The molecule has 8 nitrogen and oxygen atoms in total. The van der Waals surface area contributed by atoms with E-state index in [4.69, 9.17) is 24.8 Å². The number of halogens is 1. The van der Waals surface area contributed by atoms with Gasteiger partial charge in [0, 0.05) is 18.9 Å². The molecule has 118 valence electrons. The number of nitrogens with one attached hydrogen (secondary N) is 1. The lowest BCUT2D eigenvalue weighted by molar-refractivity contribution is -0.212. The lowest BCUT2D eigenvalue weighted by Gasteiger charge is -2.21. The zero-order valence-corrected chi connectivity index (χ0v) is 11.6. The average molecular weight is 324 g/mol. The van der Waals surface area contributed by atoms with Crippen LogP contribution in [0, 0.1) is 4.64 Å². The maximum Gasteiger partial charge on any atom is 0.328 e. The molecule has 2 rings (SSSR count). The van der Waals surface area contributed by atoms with E-state index in [9.17, 15) is 19.4 Å². The Hall–Kier alpha value is -1.17. The minimum atomic E-state index is -3.42. The number of nitrogens with zero attached hydrogens (tertiary/aromatic N) is 1. The first-order chi connectivity index (χ1) is 10.6. The fourth-order valence-electron chi connectivity index (χ4n) is 1.96. The van der Waals surface area contributed by atoms with Crippen molar-refractivity contribution in [2.45, 2.75) is 30.9 Å². The van der Waals surface area contributed by atoms with Gasteiger partial charge in [-0.2, -0.15) is 0 Å². The van der Waals surface area contributed by atoms with Gasteiger partial charge in [0.05, 0.1) is 9.35 Å². The lowest BCUT2D eigenvalue weighted by Crippen LogP contribution is -2.42. The highest BCUT2D eigenvalue weighted by molar-refractivity contribution is 7.71. The van der Waals surface area contributed by atoms with Gasteiger partial charge in [0.25, 0.3) is 5.85 Å². The molecule has 1 aromatic heterocycles. The maximum absolute atomic E-state index is 14.7. The van der Waals surface area contributed by atoms with Crippen LogP contribution < -0.4 is 5.69 Å². The minimum absolute atomic E-state index is 0.0551. The first-order valence-corrected chi connectivity index (χ1v) is 6.23. The summed E-state index contributed by atoms with van der Waals surface area (Å²) in [7, 11) is 0.854. The van der Waals surface area contributed by atoms with Crippen LogP contribution in [-0.2, 0) is 16.1 Å². The van der Waals surface area contributed by atoms with Gasteiger partial charge < -0.3 is 24.8 Å². The molecule has 0 saturated carbocycles. The summed E-state index contributed by atoms with van der Waals surface area (Å²) in [6.45, 7) is -3.63. The molecule has 10 heteroatoms. The van der Waals surface area contributed by atoms with Crippen molar-refractivity contribution in [3.05, 3.63) is 26.9 Å². The smallest absolute Gasteiger partial charge is 0.328 e. The third-order valence-electron chi connectivity index (χ3n) is 3.02. The second-order valence-electron chi connectivity index (χ2n) is 4.37. The second-order valence-corrected chi connectivity index (χ2v) is 4.78. The Morgan fingerprint density at radius 2 is 2.38 bits per heavy atom. The summed E-state index contributed by atoms with van der Waals surface area (Å²) in [6, 6.07) is 0. The summed E-state index contributed by atoms with van der Waals surface area (Å²) in [5, 5.41) is 28.9. The van der Waals surface area contributed by atoms with Crippen LogP contribution in [0.2, 0.25) is 0 Å². The lowest BCUT2D eigenvalue weighted by atomic mass is 10.1. The zero-order chi connectivity index (χ0) is 17.6. The number of hydrogen-bond acceptors (Lipinski definition) is 7. The van der Waals surface area contributed by atoms with Crippen LogP contribution in [0.1, 0.15) is 14.5 Å². The molecule has 4 atom stereocenters. The Balaban J connectivity index is 2.51. The van der Waals surface area contributed by atoms with E-state index in [0.717, 1.165) is 13.3 Å². The predicted octanol–water partition coefficient (Wildman–Crippen LogP) is -1.04. The molecule has 0 bridgehead atoms. The van der Waals surface area contributed by atoms with Crippen molar-refractivity contribution >= 4 is 12.2 Å². The van der Waals surface area contributed by atoms with E-state index in [1.165, 1.54) is 0 Å². The highest BCUT2D eigenvalue weighted by atomic mass is 32.1. The van der Waals surface area contributed by atoms with Crippen LogP contribution in [0.25, 0.3) is 0 Å². The van der Waals surface area contributed by atoms with E-state index in [1.54, 1.807) is 0 Å². The van der Waals surface area contributed by atoms with Crippen molar-refractivity contribution < 1.29 is 31.9 Å². The molecule has 1 aliphatic heterocycles. The van der Waals surface area contributed by atoms with Gasteiger partial charge in [-0.1, -0.05) is 12.2 Å². The molecular formula is C11H15FN2O6S. The van der Waals surface area contributed by atoms with Crippen molar-refractivity contribution in [2.24, 2.45) is 0 Å². The number of aliphatic hydroxyl groups excluding tert-OH is 3. The SMILES string of the molecule is [2H]C([2H])(OC)[C@@]1(F)O[C@@H](n2cc(CO)c(=S)[nH]c2=O)[C@H](O)[C@@H]1O. The van der Waals surface area contributed by atoms with Crippen LogP contribution >= 0.6 is 12.2 Å². The molecule has 0 aliphatic carbocycles. The molecule has 1 fully saturated rings. The minimum Gasteiger partial charge on any atom is -0.392 e. The second kappa shape index (κ2) is 5.91. The van der Waals surface area contributed by atoms with E-state index in [-0.39, 0.29) is 10.2 Å². The van der Waals surface area contributed by atoms with Crippen molar-refractivity contribution in [2.75, 3.05) is 13.7 Å². The predicted molar refractivity (Wildman–Crippen MR) is 69.7 cm³/mol. The number of hydrogen-bond donors (Lipinski definition) is 4. The largest absolute Gasteiger partial charge is 0.392 e. The highest BCUT2D eigenvalue weighted by Crippen LogP contribution is 2.37. The molecule has 21 heavy (non-hydrogen) atoms. The van der Waals surface area contributed by atoms with Gasteiger partial charge in [-0.3, -0.25) is 9.55 Å². The number of ether oxygens (including phenoxy) is 2. The number of aromatic amines is 1. The highest BCUT2D eigenvalue weighted by Gasteiger charge is 2.56. The maximum atomic E-state index is 14.7. The molecule has 0 amide bonds.